The topological polar surface area (TPSA) is 44.8 Å². The molecule has 6 heteroatoms. The molecule has 0 unspecified atom stereocenters. The molecule has 1 aliphatic heterocycles. The molecule has 1 atom stereocenters. The van der Waals surface area contributed by atoms with Crippen LogP contribution in [0.2, 0.25) is 0 Å². The predicted molar refractivity (Wildman–Crippen MR) is 118 cm³/mol. The summed E-state index contributed by atoms with van der Waals surface area (Å²) < 4.78 is 6.37. The molecule has 1 heterocycles. The van der Waals surface area contributed by atoms with Gasteiger partial charge in [-0.05, 0) is 66.2 Å². The summed E-state index contributed by atoms with van der Waals surface area (Å²) in [5, 5.41) is 3.03. The third kappa shape index (κ3) is 5.13. The Balaban J connectivity index is 1.67. The molecular weight excluding hydrogens is 418 g/mol. The molecule has 0 bridgehead atoms. The second-order valence-electron chi connectivity index (χ2n) is 7.29. The van der Waals surface area contributed by atoms with Crippen molar-refractivity contribution in [3.05, 3.63) is 58.1 Å². The summed E-state index contributed by atoms with van der Waals surface area (Å²) in [5.41, 5.74) is 4.40. The van der Waals surface area contributed by atoms with Gasteiger partial charge in [0, 0.05) is 29.8 Å². The van der Waals surface area contributed by atoms with Crippen molar-refractivity contribution in [3.63, 3.8) is 0 Å². The van der Waals surface area contributed by atoms with E-state index in [-0.39, 0.29) is 11.9 Å². The lowest BCUT2D eigenvalue weighted by Crippen LogP contribution is -2.40. The van der Waals surface area contributed by atoms with E-state index < -0.39 is 0 Å². The number of amides is 1. The van der Waals surface area contributed by atoms with E-state index in [1.165, 1.54) is 11.3 Å². The van der Waals surface area contributed by atoms with Crippen LogP contribution >= 0.6 is 15.9 Å². The van der Waals surface area contributed by atoms with Crippen molar-refractivity contribution in [1.82, 2.24) is 4.90 Å². The largest absolute Gasteiger partial charge is 0.378 e. The highest BCUT2D eigenvalue weighted by Crippen LogP contribution is 2.25. The van der Waals surface area contributed by atoms with Crippen molar-refractivity contribution in [2.45, 2.75) is 26.4 Å². The first-order valence-corrected chi connectivity index (χ1v) is 10.4. The number of nitrogens with zero attached hydrogens (tertiary/aromatic N) is 2. The van der Waals surface area contributed by atoms with Gasteiger partial charge < -0.3 is 15.0 Å². The Kier molecular flexibility index (Phi) is 7.10. The zero-order valence-electron chi connectivity index (χ0n) is 16.7. The van der Waals surface area contributed by atoms with Gasteiger partial charge >= 0.3 is 0 Å². The first-order chi connectivity index (χ1) is 13.5. The van der Waals surface area contributed by atoms with Crippen LogP contribution in [0.4, 0.5) is 11.4 Å². The first-order valence-electron chi connectivity index (χ1n) is 9.63. The standard InChI is InChI=1S/C22H28BrN3O2/c1-16-8-9-20(19(23)14-16)24-22(27)17(2)25(3)15-18-6-4-5-7-21(18)26-10-12-28-13-11-26/h4-9,14,17H,10-13,15H2,1-3H3,(H,24,27)/t17-/m1/s1. The number of benzene rings is 2. The SMILES string of the molecule is Cc1ccc(NC(=O)[C@@H](C)N(C)Cc2ccccc2N2CCOCC2)c(Br)c1. The van der Waals surface area contributed by atoms with Crippen molar-refractivity contribution in [2.24, 2.45) is 0 Å². The fourth-order valence-electron chi connectivity index (χ4n) is 3.32. The number of nitrogens with one attached hydrogen (secondary N) is 1. The fraction of sp³-hybridized carbons (Fsp3) is 0.409. The second-order valence-corrected chi connectivity index (χ2v) is 8.15. The van der Waals surface area contributed by atoms with Gasteiger partial charge in [-0.15, -0.1) is 0 Å². The summed E-state index contributed by atoms with van der Waals surface area (Å²) in [6, 6.07) is 14.1. The number of aryl methyl sites for hydroxylation is 1. The van der Waals surface area contributed by atoms with E-state index in [9.17, 15) is 4.79 Å². The lowest BCUT2D eigenvalue weighted by Gasteiger charge is -2.32. The maximum absolute atomic E-state index is 12.8. The molecule has 1 amide bonds. The van der Waals surface area contributed by atoms with Crippen LogP contribution in [0.15, 0.2) is 46.9 Å². The number of ether oxygens (including phenoxy) is 1. The van der Waals surface area contributed by atoms with E-state index in [0.29, 0.717) is 6.54 Å². The second kappa shape index (κ2) is 9.54. The lowest BCUT2D eigenvalue weighted by atomic mass is 10.1. The van der Waals surface area contributed by atoms with Crippen molar-refractivity contribution in [1.29, 1.82) is 0 Å². The Hall–Kier alpha value is -1.89. The van der Waals surface area contributed by atoms with Gasteiger partial charge in [-0.1, -0.05) is 24.3 Å². The minimum absolute atomic E-state index is 0.0177. The van der Waals surface area contributed by atoms with Crippen LogP contribution in [0.1, 0.15) is 18.1 Å². The normalized spacial score (nSPS) is 15.5. The molecule has 150 valence electrons. The van der Waals surface area contributed by atoms with E-state index in [0.717, 1.165) is 42.0 Å². The average molecular weight is 446 g/mol. The van der Waals surface area contributed by atoms with Gasteiger partial charge in [-0.3, -0.25) is 9.69 Å². The fourth-order valence-corrected chi connectivity index (χ4v) is 3.91. The van der Waals surface area contributed by atoms with Crippen LogP contribution in [-0.2, 0) is 16.1 Å². The van der Waals surface area contributed by atoms with Gasteiger partial charge in [-0.2, -0.15) is 0 Å². The monoisotopic (exact) mass is 445 g/mol. The molecule has 1 aliphatic rings. The Bertz CT molecular complexity index is 821. The van der Waals surface area contributed by atoms with Crippen LogP contribution in [0, 0.1) is 6.92 Å². The maximum Gasteiger partial charge on any atom is 0.241 e. The van der Waals surface area contributed by atoms with Crippen LogP contribution in [0.3, 0.4) is 0 Å². The van der Waals surface area contributed by atoms with Crippen molar-refractivity contribution >= 4 is 33.2 Å². The first kappa shape index (κ1) is 20.8. The highest BCUT2D eigenvalue weighted by molar-refractivity contribution is 9.10. The van der Waals surface area contributed by atoms with Gasteiger partial charge in [0.05, 0.1) is 24.9 Å². The van der Waals surface area contributed by atoms with Crippen molar-refractivity contribution < 1.29 is 9.53 Å². The molecule has 0 aliphatic carbocycles. The summed E-state index contributed by atoms with van der Waals surface area (Å²) in [5.74, 6) is -0.0177. The Morgan fingerprint density at radius 3 is 2.68 bits per heavy atom. The molecule has 0 aromatic heterocycles. The van der Waals surface area contributed by atoms with Gasteiger partial charge in [0.15, 0.2) is 0 Å². The molecular formula is C22H28BrN3O2. The van der Waals surface area contributed by atoms with Crippen molar-refractivity contribution in [2.75, 3.05) is 43.6 Å². The summed E-state index contributed by atoms with van der Waals surface area (Å²) in [6.45, 7) is 7.99. The maximum atomic E-state index is 12.8. The number of hydrogen-bond acceptors (Lipinski definition) is 4. The molecule has 1 N–H and O–H groups in total. The number of likely N-dealkylation sites (N-methyl/N-ethyl adjacent to an activating group) is 1. The molecule has 0 radical (unpaired) electrons. The number of morpholine rings is 1. The number of hydrogen-bond donors (Lipinski definition) is 1. The van der Waals surface area contributed by atoms with E-state index in [4.69, 9.17) is 4.74 Å². The van der Waals surface area contributed by atoms with Gasteiger partial charge in [0.25, 0.3) is 0 Å². The zero-order valence-corrected chi connectivity index (χ0v) is 18.3. The third-order valence-electron chi connectivity index (χ3n) is 5.19. The van der Waals surface area contributed by atoms with Gasteiger partial charge in [0.1, 0.15) is 0 Å². The smallest absolute Gasteiger partial charge is 0.241 e. The minimum Gasteiger partial charge on any atom is -0.378 e. The van der Waals surface area contributed by atoms with Crippen LogP contribution < -0.4 is 10.2 Å². The summed E-state index contributed by atoms with van der Waals surface area (Å²) in [4.78, 5) is 17.2. The number of carbonyl (C=O) groups excluding carboxylic acids is 1. The Morgan fingerprint density at radius 1 is 1.25 bits per heavy atom. The zero-order chi connectivity index (χ0) is 20.1. The van der Waals surface area contributed by atoms with Crippen LogP contribution in [-0.4, -0.2) is 50.2 Å². The van der Waals surface area contributed by atoms with E-state index >= 15 is 0 Å². The molecule has 5 nitrogen and oxygen atoms in total. The molecule has 3 rings (SSSR count). The minimum atomic E-state index is -0.258. The van der Waals surface area contributed by atoms with Crippen LogP contribution in [0.5, 0.6) is 0 Å². The number of anilines is 2. The number of rotatable bonds is 6. The average Bonchev–Trinajstić information content (AvgIpc) is 2.70. The molecule has 0 saturated carbocycles. The summed E-state index contributed by atoms with van der Waals surface area (Å²) in [7, 11) is 1.99. The highest BCUT2D eigenvalue weighted by Gasteiger charge is 2.21. The molecule has 2 aromatic carbocycles. The third-order valence-corrected chi connectivity index (χ3v) is 5.84. The number of para-hydroxylation sites is 1. The Morgan fingerprint density at radius 2 is 1.96 bits per heavy atom. The quantitative estimate of drug-likeness (QED) is 0.727. The van der Waals surface area contributed by atoms with Crippen LogP contribution in [0.25, 0.3) is 0 Å². The molecule has 28 heavy (non-hydrogen) atoms. The van der Waals surface area contributed by atoms with Gasteiger partial charge in [0.2, 0.25) is 5.91 Å². The summed E-state index contributed by atoms with van der Waals surface area (Å²) in [6.07, 6.45) is 0. The molecule has 2 aromatic rings. The van der Waals surface area contributed by atoms with E-state index in [2.05, 4.69) is 55.3 Å². The highest BCUT2D eigenvalue weighted by atomic mass is 79.9. The molecule has 0 spiro atoms. The van der Waals surface area contributed by atoms with E-state index in [1.807, 2.05) is 39.1 Å². The number of halogens is 1. The lowest BCUT2D eigenvalue weighted by molar-refractivity contribution is -0.120. The van der Waals surface area contributed by atoms with Gasteiger partial charge in [-0.25, -0.2) is 0 Å². The van der Waals surface area contributed by atoms with Crippen molar-refractivity contribution in [3.8, 4) is 0 Å². The molecule has 1 saturated heterocycles. The molecule has 1 fully saturated rings. The number of carbonyl (C=O) groups is 1. The summed E-state index contributed by atoms with van der Waals surface area (Å²) >= 11 is 3.53. The van der Waals surface area contributed by atoms with E-state index in [1.54, 1.807) is 0 Å². The predicted octanol–water partition coefficient (Wildman–Crippen LogP) is 4.05. The Labute approximate surface area is 175 Å².